The van der Waals surface area contributed by atoms with Crippen molar-refractivity contribution in [2.45, 2.75) is 26.1 Å². The number of aliphatic hydroxyl groups is 1. The molecule has 1 aliphatic rings. The summed E-state index contributed by atoms with van der Waals surface area (Å²) in [5.74, 6) is -0.598. The number of nitrogens with zero attached hydrogens (tertiary/aromatic N) is 5. The molecule has 3 heterocycles. The minimum Gasteiger partial charge on any atom is -0.380 e. The van der Waals surface area contributed by atoms with Gasteiger partial charge in [0.2, 0.25) is 0 Å². The van der Waals surface area contributed by atoms with E-state index in [-0.39, 0.29) is 11.7 Å². The third kappa shape index (κ3) is 3.12. The molecule has 0 radical (unpaired) electrons. The first-order valence-corrected chi connectivity index (χ1v) is 8.72. The molecular formula is C19H20FN5O2. The van der Waals surface area contributed by atoms with Crippen molar-refractivity contribution in [2.75, 3.05) is 6.54 Å². The number of aromatic nitrogens is 4. The van der Waals surface area contributed by atoms with Gasteiger partial charge in [-0.15, -0.1) is 0 Å². The summed E-state index contributed by atoms with van der Waals surface area (Å²) in [6.07, 6.45) is 0.737. The van der Waals surface area contributed by atoms with Crippen LogP contribution in [0.2, 0.25) is 0 Å². The lowest BCUT2D eigenvalue weighted by atomic mass is 10.1. The number of benzene rings is 1. The van der Waals surface area contributed by atoms with Gasteiger partial charge in [0.05, 0.1) is 30.2 Å². The second-order valence-electron chi connectivity index (χ2n) is 6.76. The number of fused-ring (bicyclic) bond motifs is 1. The number of aryl methyl sites for hydroxylation is 2. The van der Waals surface area contributed by atoms with Gasteiger partial charge in [0, 0.05) is 25.4 Å². The molecule has 0 saturated heterocycles. The van der Waals surface area contributed by atoms with Crippen LogP contribution in [0.4, 0.5) is 4.39 Å². The summed E-state index contributed by atoms with van der Waals surface area (Å²) >= 11 is 0. The molecule has 1 atom stereocenters. The van der Waals surface area contributed by atoms with E-state index in [2.05, 4.69) is 10.2 Å². The normalized spacial score (nSPS) is 14.9. The summed E-state index contributed by atoms with van der Waals surface area (Å²) in [5.41, 5.74) is 2.84. The van der Waals surface area contributed by atoms with Gasteiger partial charge in [-0.3, -0.25) is 14.2 Å². The number of carbonyl (C=O) groups is 1. The van der Waals surface area contributed by atoms with Crippen LogP contribution in [0, 0.1) is 12.7 Å². The van der Waals surface area contributed by atoms with Crippen molar-refractivity contribution in [3.05, 3.63) is 70.6 Å². The van der Waals surface area contributed by atoms with Crippen molar-refractivity contribution in [1.29, 1.82) is 0 Å². The lowest BCUT2D eigenvalue weighted by Crippen LogP contribution is -2.38. The Labute approximate surface area is 155 Å². The van der Waals surface area contributed by atoms with Crippen LogP contribution in [0.5, 0.6) is 0 Å². The molecule has 2 aromatic heterocycles. The van der Waals surface area contributed by atoms with E-state index >= 15 is 0 Å². The number of aliphatic hydroxyl groups excluding tert-OH is 1. The zero-order valence-electron chi connectivity index (χ0n) is 15.1. The Hall–Kier alpha value is -3.00. The van der Waals surface area contributed by atoms with E-state index in [1.54, 1.807) is 58.7 Å². The highest BCUT2D eigenvalue weighted by molar-refractivity contribution is 5.94. The fourth-order valence-corrected chi connectivity index (χ4v) is 3.31. The minimum atomic E-state index is -0.883. The Kier molecular flexibility index (Phi) is 4.27. The van der Waals surface area contributed by atoms with Crippen molar-refractivity contribution in [1.82, 2.24) is 24.5 Å². The Balaban J connectivity index is 1.55. The van der Waals surface area contributed by atoms with Crippen LogP contribution in [0.3, 0.4) is 0 Å². The molecule has 0 fully saturated rings. The maximum absolute atomic E-state index is 13.8. The van der Waals surface area contributed by atoms with Gasteiger partial charge >= 0.3 is 0 Å². The summed E-state index contributed by atoms with van der Waals surface area (Å²) in [6.45, 7) is 3.02. The monoisotopic (exact) mass is 369 g/mol. The van der Waals surface area contributed by atoms with Gasteiger partial charge in [-0.1, -0.05) is 6.07 Å². The lowest BCUT2D eigenvalue weighted by molar-refractivity contribution is 0.0705. The fourth-order valence-electron chi connectivity index (χ4n) is 3.31. The van der Waals surface area contributed by atoms with E-state index in [1.165, 1.54) is 6.07 Å². The summed E-state index contributed by atoms with van der Waals surface area (Å²) in [4.78, 5) is 14.4. The maximum atomic E-state index is 13.8. The molecule has 0 unspecified atom stereocenters. The first kappa shape index (κ1) is 17.4. The Morgan fingerprint density at radius 2 is 2.07 bits per heavy atom. The molecule has 8 heteroatoms. The van der Waals surface area contributed by atoms with Gasteiger partial charge in [-0.05, 0) is 36.8 Å². The molecule has 7 nitrogen and oxygen atoms in total. The van der Waals surface area contributed by atoms with Crippen molar-refractivity contribution >= 4 is 5.91 Å². The highest BCUT2D eigenvalue weighted by Gasteiger charge is 2.26. The molecule has 0 aliphatic carbocycles. The smallest absolute Gasteiger partial charge is 0.254 e. The lowest BCUT2D eigenvalue weighted by Gasteiger charge is -2.27. The molecule has 0 bridgehead atoms. The molecule has 1 aromatic carbocycles. The van der Waals surface area contributed by atoms with E-state index in [1.807, 2.05) is 0 Å². The predicted molar refractivity (Wildman–Crippen MR) is 95.4 cm³/mol. The average molecular weight is 369 g/mol. The molecule has 27 heavy (non-hydrogen) atoms. The van der Waals surface area contributed by atoms with Crippen LogP contribution in [0.1, 0.15) is 39.1 Å². The molecule has 1 N–H and O–H groups in total. The van der Waals surface area contributed by atoms with Crippen LogP contribution >= 0.6 is 0 Å². The van der Waals surface area contributed by atoms with Gasteiger partial charge in [-0.25, -0.2) is 4.39 Å². The molecule has 140 valence electrons. The van der Waals surface area contributed by atoms with Gasteiger partial charge in [0.15, 0.2) is 0 Å². The van der Waals surface area contributed by atoms with Gasteiger partial charge in [0.25, 0.3) is 5.91 Å². The minimum absolute atomic E-state index is 0.213. The van der Waals surface area contributed by atoms with Crippen LogP contribution < -0.4 is 0 Å². The Bertz CT molecular complexity index is 1010. The first-order valence-electron chi connectivity index (χ1n) is 8.72. The SMILES string of the molecule is Cc1ccc(C(=O)N2CCn3nc([C@H](O)c4ccnn4C)cc3C2)cc1F. The molecule has 0 saturated carbocycles. The number of hydrogen-bond donors (Lipinski definition) is 1. The van der Waals surface area contributed by atoms with E-state index in [4.69, 9.17) is 0 Å². The number of rotatable bonds is 3. The Morgan fingerprint density at radius 3 is 2.78 bits per heavy atom. The van der Waals surface area contributed by atoms with Crippen molar-refractivity contribution in [3.63, 3.8) is 0 Å². The maximum Gasteiger partial charge on any atom is 0.254 e. The Morgan fingerprint density at radius 1 is 1.26 bits per heavy atom. The summed E-state index contributed by atoms with van der Waals surface area (Å²) < 4.78 is 17.2. The molecule has 1 amide bonds. The van der Waals surface area contributed by atoms with Crippen LogP contribution in [0.15, 0.2) is 36.5 Å². The molecular weight excluding hydrogens is 349 g/mol. The van der Waals surface area contributed by atoms with Crippen LogP contribution in [-0.4, -0.2) is 42.0 Å². The summed E-state index contributed by atoms with van der Waals surface area (Å²) in [5, 5.41) is 19.1. The second kappa shape index (κ2) is 6.62. The largest absolute Gasteiger partial charge is 0.380 e. The van der Waals surface area contributed by atoms with Gasteiger partial charge in [-0.2, -0.15) is 10.2 Å². The zero-order chi connectivity index (χ0) is 19.1. The first-order chi connectivity index (χ1) is 12.9. The van der Waals surface area contributed by atoms with E-state index in [0.29, 0.717) is 42.1 Å². The third-order valence-electron chi connectivity index (χ3n) is 4.94. The summed E-state index contributed by atoms with van der Waals surface area (Å²) in [7, 11) is 1.76. The third-order valence-corrected chi connectivity index (χ3v) is 4.94. The van der Waals surface area contributed by atoms with Crippen LogP contribution in [0.25, 0.3) is 0 Å². The topological polar surface area (TPSA) is 76.2 Å². The second-order valence-corrected chi connectivity index (χ2v) is 6.76. The zero-order valence-corrected chi connectivity index (χ0v) is 15.1. The number of carbonyl (C=O) groups excluding carboxylic acids is 1. The van der Waals surface area contributed by atoms with Crippen LogP contribution in [-0.2, 0) is 20.1 Å². The molecule has 4 rings (SSSR count). The highest BCUT2D eigenvalue weighted by atomic mass is 19.1. The fraction of sp³-hybridized carbons (Fsp3) is 0.316. The quantitative estimate of drug-likeness (QED) is 0.764. The summed E-state index contributed by atoms with van der Waals surface area (Å²) in [6, 6.07) is 8.07. The highest BCUT2D eigenvalue weighted by Crippen LogP contribution is 2.24. The van der Waals surface area contributed by atoms with E-state index < -0.39 is 6.10 Å². The molecule has 1 aliphatic heterocycles. The molecule has 0 spiro atoms. The van der Waals surface area contributed by atoms with Crippen molar-refractivity contribution in [2.24, 2.45) is 7.05 Å². The average Bonchev–Trinajstić information content (AvgIpc) is 3.28. The number of amides is 1. The van der Waals surface area contributed by atoms with Gasteiger partial charge < -0.3 is 10.0 Å². The van der Waals surface area contributed by atoms with E-state index in [9.17, 15) is 14.3 Å². The van der Waals surface area contributed by atoms with E-state index in [0.717, 1.165) is 5.69 Å². The molecule has 3 aromatic rings. The number of halogens is 1. The van der Waals surface area contributed by atoms with Crippen molar-refractivity contribution < 1.29 is 14.3 Å². The van der Waals surface area contributed by atoms with Gasteiger partial charge in [0.1, 0.15) is 11.9 Å². The van der Waals surface area contributed by atoms with Crippen molar-refractivity contribution in [3.8, 4) is 0 Å². The standard InChI is InChI=1S/C19H20FN5O2/c1-12-3-4-13(9-15(12)20)19(27)24-7-8-25-14(11-24)10-16(22-25)18(26)17-5-6-21-23(17)2/h3-6,9-10,18,26H,7-8,11H2,1-2H3/t18-/m0/s1. The predicted octanol–water partition coefficient (Wildman–Crippen LogP) is 1.80. The number of hydrogen-bond acceptors (Lipinski definition) is 4.